The second-order valence-corrected chi connectivity index (χ2v) is 5.17. The maximum absolute atomic E-state index is 5.29. The van der Waals surface area contributed by atoms with Crippen LogP contribution < -0.4 is 17.1 Å². The highest BCUT2D eigenvalue weighted by molar-refractivity contribution is 5.81. The Balaban J connectivity index is 2.73. The van der Waals surface area contributed by atoms with Crippen molar-refractivity contribution in [2.45, 2.75) is 39.0 Å². The molecule has 94 valence electrons. The van der Waals surface area contributed by atoms with Gasteiger partial charge in [0, 0.05) is 6.42 Å². The monoisotopic (exact) mass is 234 g/mol. The zero-order valence-electron chi connectivity index (χ0n) is 10.8. The third-order valence-electron chi connectivity index (χ3n) is 2.77. The van der Waals surface area contributed by atoms with Crippen LogP contribution in [0, 0.1) is 0 Å². The number of nitrogens with zero attached hydrogens (tertiary/aromatic N) is 1. The Morgan fingerprint density at radius 3 is 2.59 bits per heavy atom. The van der Waals surface area contributed by atoms with Gasteiger partial charge in [0.1, 0.15) is 5.84 Å². The summed E-state index contributed by atoms with van der Waals surface area (Å²) in [4.78, 5) is 0. The van der Waals surface area contributed by atoms with Crippen molar-refractivity contribution in [3.63, 3.8) is 0 Å². The fourth-order valence-corrected chi connectivity index (χ4v) is 1.63. The maximum Gasteiger partial charge on any atom is 0.136 e. The van der Waals surface area contributed by atoms with Crippen molar-refractivity contribution in [3.05, 3.63) is 35.4 Å². The van der Waals surface area contributed by atoms with Crippen molar-refractivity contribution in [1.82, 2.24) is 5.43 Å². The van der Waals surface area contributed by atoms with Gasteiger partial charge in [-0.15, -0.1) is 0 Å². The predicted octanol–water partition coefficient (Wildman–Crippen LogP) is 1.65. The molecule has 0 atom stereocenters. The molecule has 0 saturated heterocycles. The first kappa shape index (κ1) is 13.5. The first-order chi connectivity index (χ1) is 7.97. The third kappa shape index (κ3) is 4.07. The van der Waals surface area contributed by atoms with E-state index in [0.29, 0.717) is 5.84 Å². The number of aryl methyl sites for hydroxylation is 1. The minimum absolute atomic E-state index is 0.174. The second-order valence-electron chi connectivity index (χ2n) is 5.17. The molecule has 4 heteroatoms. The summed E-state index contributed by atoms with van der Waals surface area (Å²) in [5.41, 5.74) is 5.27. The van der Waals surface area contributed by atoms with Crippen LogP contribution >= 0.6 is 0 Å². The second kappa shape index (κ2) is 5.68. The highest BCUT2D eigenvalue weighted by atomic mass is 15.3. The molecular formula is C13H22N4. The van der Waals surface area contributed by atoms with Crippen LogP contribution in [-0.2, 0) is 11.8 Å². The van der Waals surface area contributed by atoms with Crippen LogP contribution in [-0.4, -0.2) is 5.84 Å². The van der Waals surface area contributed by atoms with Crippen LogP contribution in [0.1, 0.15) is 38.3 Å². The molecule has 1 aromatic rings. The molecule has 0 spiro atoms. The number of nitrogens with one attached hydrogen (secondary N) is 1. The lowest BCUT2D eigenvalue weighted by atomic mass is 9.86. The van der Waals surface area contributed by atoms with Crippen LogP contribution in [0.25, 0.3) is 0 Å². The molecule has 0 aliphatic carbocycles. The lowest BCUT2D eigenvalue weighted by Crippen LogP contribution is -2.31. The Kier molecular flexibility index (Phi) is 4.52. The molecule has 0 fully saturated rings. The molecule has 0 aliphatic heterocycles. The summed E-state index contributed by atoms with van der Waals surface area (Å²) >= 11 is 0. The summed E-state index contributed by atoms with van der Waals surface area (Å²) in [6.45, 7) is 6.63. The van der Waals surface area contributed by atoms with Gasteiger partial charge in [0.2, 0.25) is 0 Å². The van der Waals surface area contributed by atoms with Crippen LogP contribution in [0.5, 0.6) is 0 Å². The highest BCUT2D eigenvalue weighted by Crippen LogP contribution is 2.23. The largest absolute Gasteiger partial charge is 0.322 e. The number of hydrazone groups is 1. The van der Waals surface area contributed by atoms with E-state index in [4.69, 9.17) is 11.7 Å². The quantitative estimate of drug-likeness (QED) is 0.322. The summed E-state index contributed by atoms with van der Waals surface area (Å²) in [6.07, 6.45) is 1.60. The summed E-state index contributed by atoms with van der Waals surface area (Å²) < 4.78 is 0. The molecule has 1 aromatic carbocycles. The molecular weight excluding hydrogens is 212 g/mol. The summed E-state index contributed by atoms with van der Waals surface area (Å²) in [6, 6.07) is 8.58. The van der Waals surface area contributed by atoms with E-state index in [9.17, 15) is 0 Å². The molecule has 0 radical (unpaired) electrons. The van der Waals surface area contributed by atoms with Gasteiger partial charge >= 0.3 is 0 Å². The summed E-state index contributed by atoms with van der Waals surface area (Å²) in [5, 5.41) is 3.57. The highest BCUT2D eigenvalue weighted by Gasteiger charge is 2.13. The van der Waals surface area contributed by atoms with E-state index in [0.717, 1.165) is 12.8 Å². The van der Waals surface area contributed by atoms with Crippen molar-refractivity contribution in [2.75, 3.05) is 0 Å². The maximum atomic E-state index is 5.29. The van der Waals surface area contributed by atoms with E-state index in [1.165, 1.54) is 11.1 Å². The SMILES string of the molecule is CC(C)(C)c1cccc(CCC(=NN)NN)c1. The number of rotatable bonds is 3. The fraction of sp³-hybridized carbons (Fsp3) is 0.462. The average molecular weight is 234 g/mol. The van der Waals surface area contributed by atoms with Crippen LogP contribution in [0.4, 0.5) is 0 Å². The van der Waals surface area contributed by atoms with Crippen molar-refractivity contribution in [1.29, 1.82) is 0 Å². The minimum atomic E-state index is 0.174. The van der Waals surface area contributed by atoms with Crippen LogP contribution in [0.15, 0.2) is 29.4 Å². The Hall–Kier alpha value is -1.55. The molecule has 5 N–H and O–H groups in total. The van der Waals surface area contributed by atoms with Gasteiger partial charge in [-0.3, -0.25) is 0 Å². The number of hydrazine groups is 1. The van der Waals surface area contributed by atoms with E-state index in [1.807, 2.05) is 0 Å². The molecule has 1 rings (SSSR count). The van der Waals surface area contributed by atoms with Crippen LogP contribution in [0.2, 0.25) is 0 Å². The topological polar surface area (TPSA) is 76.4 Å². The van der Waals surface area contributed by atoms with Crippen molar-refractivity contribution in [3.8, 4) is 0 Å². The normalized spacial score (nSPS) is 12.6. The number of hydrogen-bond acceptors (Lipinski definition) is 3. The molecule has 0 amide bonds. The zero-order chi connectivity index (χ0) is 12.9. The summed E-state index contributed by atoms with van der Waals surface area (Å²) in [5.74, 6) is 11.1. The van der Waals surface area contributed by atoms with Gasteiger partial charge in [0.15, 0.2) is 0 Å². The predicted molar refractivity (Wildman–Crippen MR) is 72.4 cm³/mol. The van der Waals surface area contributed by atoms with Crippen molar-refractivity contribution in [2.24, 2.45) is 16.8 Å². The van der Waals surface area contributed by atoms with E-state index in [-0.39, 0.29) is 5.41 Å². The van der Waals surface area contributed by atoms with E-state index in [2.05, 4.69) is 55.6 Å². The number of nitrogens with two attached hydrogens (primary N) is 2. The molecule has 4 nitrogen and oxygen atoms in total. The van der Waals surface area contributed by atoms with Crippen molar-refractivity contribution < 1.29 is 0 Å². The molecule has 0 unspecified atom stereocenters. The molecule has 0 aromatic heterocycles. The Bertz CT molecular complexity index is 391. The molecule has 0 heterocycles. The van der Waals surface area contributed by atoms with Crippen LogP contribution in [0.3, 0.4) is 0 Å². The zero-order valence-corrected chi connectivity index (χ0v) is 10.8. The van der Waals surface area contributed by atoms with E-state index < -0.39 is 0 Å². The van der Waals surface area contributed by atoms with Crippen molar-refractivity contribution >= 4 is 5.84 Å². The Labute approximate surface area is 103 Å². The van der Waals surface area contributed by atoms with Gasteiger partial charge < -0.3 is 11.3 Å². The first-order valence-electron chi connectivity index (χ1n) is 5.80. The molecule has 0 saturated carbocycles. The average Bonchev–Trinajstić information content (AvgIpc) is 2.30. The van der Waals surface area contributed by atoms with E-state index >= 15 is 0 Å². The van der Waals surface area contributed by atoms with Gasteiger partial charge in [-0.05, 0) is 23.0 Å². The lowest BCUT2D eigenvalue weighted by molar-refractivity contribution is 0.589. The Morgan fingerprint density at radius 2 is 2.06 bits per heavy atom. The van der Waals surface area contributed by atoms with Gasteiger partial charge in [-0.25, -0.2) is 5.84 Å². The summed E-state index contributed by atoms with van der Waals surface area (Å²) in [7, 11) is 0. The van der Waals surface area contributed by atoms with Gasteiger partial charge in [-0.2, -0.15) is 5.10 Å². The number of amidine groups is 1. The van der Waals surface area contributed by atoms with E-state index in [1.54, 1.807) is 0 Å². The first-order valence-corrected chi connectivity index (χ1v) is 5.80. The number of benzene rings is 1. The standard InChI is InChI=1S/C13H22N4/c1-13(2,3)11-6-4-5-10(9-11)7-8-12(16-14)17-15/h4-6,9H,7-8,14-15H2,1-3H3,(H,16,17). The van der Waals surface area contributed by atoms with Gasteiger partial charge in [-0.1, -0.05) is 45.0 Å². The molecule has 0 bridgehead atoms. The Morgan fingerprint density at radius 1 is 1.35 bits per heavy atom. The van der Waals surface area contributed by atoms with Gasteiger partial charge in [0.05, 0.1) is 0 Å². The smallest absolute Gasteiger partial charge is 0.136 e. The fourth-order valence-electron chi connectivity index (χ4n) is 1.63. The third-order valence-corrected chi connectivity index (χ3v) is 2.77. The molecule has 17 heavy (non-hydrogen) atoms. The molecule has 0 aliphatic rings. The number of hydrogen-bond donors (Lipinski definition) is 3. The minimum Gasteiger partial charge on any atom is -0.322 e. The lowest BCUT2D eigenvalue weighted by Gasteiger charge is -2.19. The van der Waals surface area contributed by atoms with Gasteiger partial charge in [0.25, 0.3) is 0 Å².